The van der Waals surface area contributed by atoms with Crippen molar-refractivity contribution in [3.05, 3.63) is 17.2 Å². The van der Waals surface area contributed by atoms with E-state index in [4.69, 9.17) is 21.1 Å². The second-order valence-corrected chi connectivity index (χ2v) is 6.41. The molecule has 0 bridgehead atoms. The van der Waals surface area contributed by atoms with Crippen LogP contribution in [0.3, 0.4) is 0 Å². The summed E-state index contributed by atoms with van der Waals surface area (Å²) in [5, 5.41) is 6.70. The number of carbonyl (C=O) groups is 1. The van der Waals surface area contributed by atoms with Gasteiger partial charge in [0, 0.05) is 12.5 Å². The van der Waals surface area contributed by atoms with Crippen molar-refractivity contribution in [1.29, 1.82) is 0 Å². The number of rotatable bonds is 6. The molecular formula is C17H26Cl2N2O3. The van der Waals surface area contributed by atoms with Crippen LogP contribution < -0.4 is 20.1 Å². The lowest BCUT2D eigenvalue weighted by Crippen LogP contribution is -2.32. The third kappa shape index (κ3) is 5.43. The summed E-state index contributed by atoms with van der Waals surface area (Å²) in [6, 6.07) is 3.33. The molecule has 1 aliphatic heterocycles. The Morgan fingerprint density at radius 3 is 2.50 bits per heavy atom. The zero-order valence-electron chi connectivity index (χ0n) is 14.4. The van der Waals surface area contributed by atoms with Gasteiger partial charge in [-0.05, 0) is 43.8 Å². The molecule has 2 rings (SSSR count). The molecule has 136 valence electrons. The lowest BCUT2D eigenvalue weighted by molar-refractivity contribution is -0.117. The molecule has 1 aromatic carbocycles. The smallest absolute Gasteiger partial charge is 0.224 e. The van der Waals surface area contributed by atoms with Crippen molar-refractivity contribution in [3.8, 4) is 11.5 Å². The Morgan fingerprint density at radius 1 is 1.29 bits per heavy atom. The fourth-order valence-corrected chi connectivity index (χ4v) is 3.27. The van der Waals surface area contributed by atoms with Crippen LogP contribution in [0, 0.1) is 11.8 Å². The first-order valence-corrected chi connectivity index (χ1v) is 8.35. The van der Waals surface area contributed by atoms with Crippen molar-refractivity contribution in [1.82, 2.24) is 5.32 Å². The van der Waals surface area contributed by atoms with Crippen molar-refractivity contribution in [2.45, 2.75) is 26.2 Å². The Balaban J connectivity index is 0.00000288. The Morgan fingerprint density at radius 2 is 1.92 bits per heavy atom. The minimum Gasteiger partial charge on any atom is -0.495 e. The lowest BCUT2D eigenvalue weighted by atomic mass is 9.84. The van der Waals surface area contributed by atoms with Crippen LogP contribution in [0.1, 0.15) is 26.2 Å². The van der Waals surface area contributed by atoms with Crippen LogP contribution in [-0.2, 0) is 4.79 Å². The molecule has 2 N–H and O–H groups in total. The summed E-state index contributed by atoms with van der Waals surface area (Å²) in [6.07, 6.45) is 2.76. The van der Waals surface area contributed by atoms with Gasteiger partial charge < -0.3 is 20.1 Å². The maximum absolute atomic E-state index is 12.3. The number of nitrogens with one attached hydrogen (secondary N) is 2. The largest absolute Gasteiger partial charge is 0.495 e. The Bertz CT molecular complexity index is 549. The van der Waals surface area contributed by atoms with E-state index in [-0.39, 0.29) is 18.3 Å². The van der Waals surface area contributed by atoms with Crippen molar-refractivity contribution < 1.29 is 14.3 Å². The molecule has 1 amide bonds. The Kier molecular flexibility index (Phi) is 8.67. The molecule has 1 aromatic rings. The lowest BCUT2D eigenvalue weighted by Gasteiger charge is -2.28. The molecule has 1 atom stereocenters. The first-order valence-electron chi connectivity index (χ1n) is 7.97. The van der Waals surface area contributed by atoms with E-state index in [2.05, 4.69) is 17.6 Å². The number of methoxy groups -OCH3 is 2. The van der Waals surface area contributed by atoms with Crippen LogP contribution >= 0.6 is 24.0 Å². The molecule has 0 spiro atoms. The average Bonchev–Trinajstić information content (AvgIpc) is 2.55. The van der Waals surface area contributed by atoms with Gasteiger partial charge in [0.15, 0.2) is 0 Å². The fourth-order valence-electron chi connectivity index (χ4n) is 3.03. The zero-order valence-corrected chi connectivity index (χ0v) is 15.9. The van der Waals surface area contributed by atoms with Gasteiger partial charge >= 0.3 is 0 Å². The number of hydrogen-bond acceptors (Lipinski definition) is 4. The van der Waals surface area contributed by atoms with Crippen molar-refractivity contribution in [2.75, 3.05) is 32.6 Å². The summed E-state index contributed by atoms with van der Waals surface area (Å²) in [7, 11) is 3.09. The molecule has 7 heteroatoms. The Labute approximate surface area is 154 Å². The van der Waals surface area contributed by atoms with E-state index >= 15 is 0 Å². The molecule has 5 nitrogen and oxygen atoms in total. The van der Waals surface area contributed by atoms with Gasteiger partial charge in [-0.2, -0.15) is 0 Å². The molecule has 0 radical (unpaired) electrons. The van der Waals surface area contributed by atoms with Gasteiger partial charge in [-0.1, -0.05) is 18.5 Å². The highest BCUT2D eigenvalue weighted by atomic mass is 35.5. The number of benzene rings is 1. The monoisotopic (exact) mass is 376 g/mol. The van der Waals surface area contributed by atoms with Gasteiger partial charge in [0.1, 0.15) is 11.5 Å². The quantitative estimate of drug-likeness (QED) is 0.793. The molecule has 1 fully saturated rings. The van der Waals surface area contributed by atoms with Crippen LogP contribution in [0.15, 0.2) is 12.1 Å². The number of carbonyl (C=O) groups excluding carboxylic acids is 1. The fraction of sp³-hybridized carbons (Fsp3) is 0.588. The van der Waals surface area contributed by atoms with Crippen molar-refractivity contribution in [2.24, 2.45) is 11.8 Å². The van der Waals surface area contributed by atoms with E-state index in [0.717, 1.165) is 25.9 Å². The standard InChI is InChI=1S/C17H25ClN2O3.ClH/c1-11(12-4-6-19-7-5-12)8-17(21)20-14-9-13(18)15(22-2)10-16(14)23-3;/h9-12,19H,4-8H2,1-3H3,(H,20,21);1H. The van der Waals surface area contributed by atoms with Gasteiger partial charge in [0.25, 0.3) is 0 Å². The van der Waals surface area contributed by atoms with Gasteiger partial charge in [-0.25, -0.2) is 0 Å². The SMILES string of the molecule is COc1cc(OC)c(NC(=O)CC(C)C2CCNCC2)cc1Cl.Cl. The summed E-state index contributed by atoms with van der Waals surface area (Å²) in [6.45, 7) is 4.23. The molecule has 0 saturated carbocycles. The van der Waals surface area contributed by atoms with Crippen molar-refractivity contribution in [3.63, 3.8) is 0 Å². The summed E-state index contributed by atoms with van der Waals surface area (Å²) < 4.78 is 10.5. The number of hydrogen-bond donors (Lipinski definition) is 2. The van der Waals surface area contributed by atoms with E-state index in [0.29, 0.717) is 40.5 Å². The zero-order chi connectivity index (χ0) is 16.8. The van der Waals surface area contributed by atoms with Gasteiger partial charge in [-0.15, -0.1) is 12.4 Å². The van der Waals surface area contributed by atoms with Gasteiger partial charge in [0.05, 0.1) is 24.9 Å². The Hall–Kier alpha value is -1.17. The minimum absolute atomic E-state index is 0. The third-order valence-electron chi connectivity index (χ3n) is 4.44. The summed E-state index contributed by atoms with van der Waals surface area (Å²) in [5.74, 6) is 1.99. The molecule has 0 aromatic heterocycles. The first-order chi connectivity index (χ1) is 11.0. The van der Waals surface area contributed by atoms with E-state index in [1.807, 2.05) is 0 Å². The summed E-state index contributed by atoms with van der Waals surface area (Å²) >= 11 is 6.13. The number of ether oxygens (including phenoxy) is 2. The highest BCUT2D eigenvalue weighted by Gasteiger charge is 2.22. The highest BCUT2D eigenvalue weighted by molar-refractivity contribution is 6.32. The van der Waals surface area contributed by atoms with Gasteiger partial charge in [-0.3, -0.25) is 4.79 Å². The van der Waals surface area contributed by atoms with Crippen LogP contribution in [0.4, 0.5) is 5.69 Å². The molecule has 0 aliphatic carbocycles. The topological polar surface area (TPSA) is 59.6 Å². The second-order valence-electron chi connectivity index (χ2n) is 6.00. The van der Waals surface area contributed by atoms with E-state index in [1.54, 1.807) is 26.4 Å². The third-order valence-corrected chi connectivity index (χ3v) is 4.74. The van der Waals surface area contributed by atoms with E-state index in [1.165, 1.54) is 0 Å². The molecule has 1 aliphatic rings. The predicted octanol–water partition coefficient (Wildman–Crippen LogP) is 3.74. The first kappa shape index (κ1) is 20.9. The normalized spacial score (nSPS) is 16.0. The number of piperidine rings is 1. The summed E-state index contributed by atoms with van der Waals surface area (Å²) in [5.41, 5.74) is 0.570. The van der Waals surface area contributed by atoms with E-state index in [9.17, 15) is 4.79 Å². The highest BCUT2D eigenvalue weighted by Crippen LogP contribution is 2.36. The second kappa shape index (κ2) is 9.97. The molecule has 1 heterocycles. The molecular weight excluding hydrogens is 351 g/mol. The van der Waals surface area contributed by atoms with Crippen LogP contribution in [0.2, 0.25) is 5.02 Å². The maximum atomic E-state index is 12.3. The summed E-state index contributed by atoms with van der Waals surface area (Å²) in [4.78, 5) is 12.3. The van der Waals surface area contributed by atoms with Gasteiger partial charge in [0.2, 0.25) is 5.91 Å². The minimum atomic E-state index is -0.0180. The van der Waals surface area contributed by atoms with Crippen LogP contribution in [0.25, 0.3) is 0 Å². The number of anilines is 1. The predicted molar refractivity (Wildman–Crippen MR) is 99.8 cm³/mol. The average molecular weight is 377 g/mol. The van der Waals surface area contributed by atoms with E-state index < -0.39 is 0 Å². The number of amides is 1. The maximum Gasteiger partial charge on any atom is 0.224 e. The molecule has 24 heavy (non-hydrogen) atoms. The van der Waals surface area contributed by atoms with Crippen molar-refractivity contribution >= 4 is 35.6 Å². The number of halogens is 2. The van der Waals surface area contributed by atoms with Crippen LogP contribution in [0.5, 0.6) is 11.5 Å². The van der Waals surface area contributed by atoms with Crippen LogP contribution in [-0.4, -0.2) is 33.2 Å². The molecule has 1 saturated heterocycles. The molecule has 1 unspecified atom stereocenters.